The van der Waals surface area contributed by atoms with Gasteiger partial charge in [0.15, 0.2) is 0 Å². The first-order valence-corrected chi connectivity index (χ1v) is 11.9. The first-order valence-electron chi connectivity index (χ1n) is 11.9. The van der Waals surface area contributed by atoms with Crippen molar-refractivity contribution in [1.82, 2.24) is 10.2 Å². The SMILES string of the molecule is CC(NC(=O)OCC1c2ccccc2-c2ccccc21)C(C)C(=O)N1CC[C@H](C(=O)O)C[C@@H]1C. The van der Waals surface area contributed by atoms with Gasteiger partial charge in [-0.25, -0.2) is 4.79 Å². The van der Waals surface area contributed by atoms with Crippen LogP contribution in [0.3, 0.4) is 0 Å². The second-order valence-electron chi connectivity index (χ2n) is 9.49. The molecular formula is C27H32N2O5. The van der Waals surface area contributed by atoms with Crippen LogP contribution in [-0.4, -0.2) is 53.2 Å². The first-order chi connectivity index (χ1) is 16.3. The normalized spacial score (nSPS) is 21.2. The van der Waals surface area contributed by atoms with Gasteiger partial charge < -0.3 is 20.1 Å². The average molecular weight is 465 g/mol. The molecule has 1 heterocycles. The van der Waals surface area contributed by atoms with Gasteiger partial charge in [0.05, 0.1) is 11.8 Å². The molecule has 0 bridgehead atoms. The van der Waals surface area contributed by atoms with Gasteiger partial charge in [-0.2, -0.15) is 0 Å². The summed E-state index contributed by atoms with van der Waals surface area (Å²) in [5.41, 5.74) is 4.62. The number of piperidine rings is 1. The van der Waals surface area contributed by atoms with Gasteiger partial charge in [-0.1, -0.05) is 55.5 Å². The van der Waals surface area contributed by atoms with Gasteiger partial charge in [0.25, 0.3) is 0 Å². The van der Waals surface area contributed by atoms with Crippen molar-refractivity contribution >= 4 is 18.0 Å². The topological polar surface area (TPSA) is 95.9 Å². The fourth-order valence-electron chi connectivity index (χ4n) is 5.15. The van der Waals surface area contributed by atoms with E-state index in [1.165, 1.54) is 11.1 Å². The summed E-state index contributed by atoms with van der Waals surface area (Å²) < 4.78 is 5.61. The number of rotatable bonds is 6. The largest absolute Gasteiger partial charge is 0.481 e. The molecule has 34 heavy (non-hydrogen) atoms. The van der Waals surface area contributed by atoms with Crippen LogP contribution in [0, 0.1) is 11.8 Å². The Balaban J connectivity index is 1.33. The van der Waals surface area contributed by atoms with Crippen molar-refractivity contribution in [3.63, 3.8) is 0 Å². The third kappa shape index (κ3) is 4.65. The molecule has 4 atom stereocenters. The van der Waals surface area contributed by atoms with Crippen LogP contribution < -0.4 is 5.32 Å². The number of aliphatic carboxylic acids is 1. The maximum Gasteiger partial charge on any atom is 0.407 e. The van der Waals surface area contributed by atoms with E-state index in [1.807, 2.05) is 31.2 Å². The van der Waals surface area contributed by atoms with Crippen molar-refractivity contribution in [3.05, 3.63) is 59.7 Å². The van der Waals surface area contributed by atoms with Crippen molar-refractivity contribution in [3.8, 4) is 11.1 Å². The number of ether oxygens (including phenoxy) is 1. The zero-order valence-electron chi connectivity index (χ0n) is 19.9. The molecule has 7 nitrogen and oxygen atoms in total. The Morgan fingerprint density at radius 1 is 1.06 bits per heavy atom. The molecule has 1 saturated heterocycles. The third-order valence-corrected chi connectivity index (χ3v) is 7.34. The number of carboxylic acids is 1. The molecule has 2 N–H and O–H groups in total. The Bertz CT molecular complexity index is 1040. The summed E-state index contributed by atoms with van der Waals surface area (Å²) in [5.74, 6) is -1.78. The van der Waals surface area contributed by atoms with Gasteiger partial charge in [0, 0.05) is 24.5 Å². The number of hydrogen-bond donors (Lipinski definition) is 2. The minimum Gasteiger partial charge on any atom is -0.481 e. The van der Waals surface area contributed by atoms with E-state index in [9.17, 15) is 19.5 Å². The van der Waals surface area contributed by atoms with Crippen molar-refractivity contribution in [1.29, 1.82) is 0 Å². The van der Waals surface area contributed by atoms with Crippen LogP contribution in [0.5, 0.6) is 0 Å². The highest BCUT2D eigenvalue weighted by Crippen LogP contribution is 2.44. The zero-order chi connectivity index (χ0) is 24.4. The molecule has 180 valence electrons. The van der Waals surface area contributed by atoms with Crippen LogP contribution in [0.25, 0.3) is 11.1 Å². The van der Waals surface area contributed by atoms with Crippen LogP contribution in [0.2, 0.25) is 0 Å². The number of alkyl carbamates (subject to hydrolysis) is 1. The standard InChI is InChI=1S/C27H32N2O5/c1-16-14-19(26(31)32)12-13-29(16)25(30)17(2)18(3)28-27(33)34-15-24-22-10-6-4-8-20(22)21-9-5-7-11-23(21)24/h4-11,16-19,24H,12-15H2,1-3H3,(H,28,33)(H,31,32)/t16-,17?,18?,19-/m0/s1. The molecule has 0 radical (unpaired) electrons. The molecule has 1 aliphatic heterocycles. The van der Waals surface area contributed by atoms with Gasteiger partial charge >= 0.3 is 12.1 Å². The number of nitrogens with zero attached hydrogens (tertiary/aromatic N) is 1. The summed E-state index contributed by atoms with van der Waals surface area (Å²) in [6.07, 6.45) is 0.348. The number of hydrogen-bond acceptors (Lipinski definition) is 4. The van der Waals surface area contributed by atoms with E-state index < -0.39 is 29.9 Å². The lowest BCUT2D eigenvalue weighted by molar-refractivity contribution is -0.149. The fraction of sp³-hybridized carbons (Fsp3) is 0.444. The number of carbonyl (C=O) groups is 3. The Labute approximate surface area is 200 Å². The van der Waals surface area contributed by atoms with E-state index in [2.05, 4.69) is 29.6 Å². The lowest BCUT2D eigenvalue weighted by Gasteiger charge is -2.38. The van der Waals surface area contributed by atoms with Crippen molar-refractivity contribution in [2.75, 3.05) is 13.2 Å². The third-order valence-electron chi connectivity index (χ3n) is 7.34. The molecule has 0 saturated carbocycles. The lowest BCUT2D eigenvalue weighted by atomic mass is 9.90. The number of nitrogens with one attached hydrogen (secondary N) is 1. The lowest BCUT2D eigenvalue weighted by Crippen LogP contribution is -2.51. The molecule has 2 aliphatic rings. The number of benzene rings is 2. The summed E-state index contributed by atoms with van der Waals surface area (Å²) in [6.45, 7) is 6.09. The fourth-order valence-corrected chi connectivity index (χ4v) is 5.15. The van der Waals surface area contributed by atoms with Gasteiger partial charge in [-0.3, -0.25) is 9.59 Å². The second-order valence-corrected chi connectivity index (χ2v) is 9.49. The van der Waals surface area contributed by atoms with E-state index in [0.717, 1.165) is 11.1 Å². The monoisotopic (exact) mass is 464 g/mol. The van der Waals surface area contributed by atoms with E-state index in [4.69, 9.17) is 4.74 Å². The summed E-state index contributed by atoms with van der Waals surface area (Å²) in [4.78, 5) is 38.6. The Morgan fingerprint density at radius 2 is 1.65 bits per heavy atom. The molecule has 0 spiro atoms. The average Bonchev–Trinajstić information content (AvgIpc) is 3.15. The van der Waals surface area contributed by atoms with Crippen molar-refractivity contribution < 1.29 is 24.2 Å². The molecule has 2 unspecified atom stereocenters. The molecule has 4 rings (SSSR count). The Hall–Kier alpha value is -3.35. The summed E-state index contributed by atoms with van der Waals surface area (Å²) in [5, 5.41) is 12.1. The van der Waals surface area contributed by atoms with Gasteiger partial charge in [-0.15, -0.1) is 0 Å². The molecule has 0 aromatic heterocycles. The Morgan fingerprint density at radius 3 is 2.21 bits per heavy atom. The quantitative estimate of drug-likeness (QED) is 0.666. The number of fused-ring (bicyclic) bond motifs is 3. The van der Waals surface area contributed by atoms with Gasteiger partial charge in [0.1, 0.15) is 6.61 Å². The number of likely N-dealkylation sites (tertiary alicyclic amines) is 1. The number of carbonyl (C=O) groups excluding carboxylic acids is 2. The van der Waals surface area contributed by atoms with Gasteiger partial charge in [0.2, 0.25) is 5.91 Å². The second kappa shape index (κ2) is 9.87. The summed E-state index contributed by atoms with van der Waals surface area (Å²) in [7, 11) is 0. The van der Waals surface area contributed by atoms with E-state index in [-0.39, 0.29) is 24.5 Å². The molecular weight excluding hydrogens is 432 g/mol. The van der Waals surface area contributed by atoms with Gasteiger partial charge in [-0.05, 0) is 48.9 Å². The van der Waals surface area contributed by atoms with Crippen LogP contribution in [0.4, 0.5) is 4.79 Å². The minimum atomic E-state index is -0.808. The molecule has 2 amide bonds. The van der Waals surface area contributed by atoms with E-state index in [1.54, 1.807) is 18.7 Å². The smallest absolute Gasteiger partial charge is 0.407 e. The van der Waals surface area contributed by atoms with Crippen LogP contribution >= 0.6 is 0 Å². The van der Waals surface area contributed by atoms with Crippen LogP contribution in [0.1, 0.15) is 50.7 Å². The predicted molar refractivity (Wildman–Crippen MR) is 128 cm³/mol. The highest BCUT2D eigenvalue weighted by Gasteiger charge is 2.36. The number of amides is 2. The molecule has 1 fully saturated rings. The zero-order valence-corrected chi connectivity index (χ0v) is 19.9. The molecule has 2 aromatic rings. The highest BCUT2D eigenvalue weighted by molar-refractivity contribution is 5.81. The van der Waals surface area contributed by atoms with Crippen LogP contribution in [0.15, 0.2) is 48.5 Å². The first kappa shape index (κ1) is 23.8. The Kier molecular flexibility index (Phi) is 6.91. The highest BCUT2D eigenvalue weighted by atomic mass is 16.5. The van der Waals surface area contributed by atoms with Crippen molar-refractivity contribution in [2.45, 2.75) is 51.6 Å². The summed E-state index contributed by atoms with van der Waals surface area (Å²) in [6, 6.07) is 15.7. The molecule has 1 aliphatic carbocycles. The number of carboxylic acid groups (broad SMARTS) is 1. The van der Waals surface area contributed by atoms with Crippen molar-refractivity contribution in [2.24, 2.45) is 11.8 Å². The van der Waals surface area contributed by atoms with E-state index >= 15 is 0 Å². The maximum absolute atomic E-state index is 13.0. The maximum atomic E-state index is 13.0. The molecule has 7 heteroatoms. The van der Waals surface area contributed by atoms with E-state index in [0.29, 0.717) is 19.4 Å². The minimum absolute atomic E-state index is 0.0242. The molecule has 2 aromatic carbocycles. The summed E-state index contributed by atoms with van der Waals surface area (Å²) >= 11 is 0. The predicted octanol–water partition coefficient (Wildman–Crippen LogP) is 4.26. The van der Waals surface area contributed by atoms with Crippen LogP contribution in [-0.2, 0) is 14.3 Å².